The minimum absolute atomic E-state index is 0.0653. The van der Waals surface area contributed by atoms with Gasteiger partial charge in [-0.25, -0.2) is 0 Å². The molecule has 0 atom stereocenters. The lowest BCUT2D eigenvalue weighted by molar-refractivity contribution is 0.0997. The fourth-order valence-electron chi connectivity index (χ4n) is 1.58. The second-order valence-corrected chi connectivity index (χ2v) is 7.67. The number of benzene rings is 1. The summed E-state index contributed by atoms with van der Waals surface area (Å²) in [4.78, 5) is 15.0. The second kappa shape index (κ2) is 6.34. The van der Waals surface area contributed by atoms with E-state index in [4.69, 9.17) is 18.0 Å². The van der Waals surface area contributed by atoms with Crippen LogP contribution in [0.5, 0.6) is 0 Å². The van der Waals surface area contributed by atoms with Crippen LogP contribution in [-0.2, 0) is 0 Å². The molecule has 3 nitrogen and oxygen atoms in total. The van der Waals surface area contributed by atoms with Gasteiger partial charge in [0.1, 0.15) is 4.99 Å². The normalized spacial score (nSPS) is 10.3. The highest BCUT2D eigenvalue weighted by atomic mass is 79.9. The van der Waals surface area contributed by atoms with Crippen molar-refractivity contribution in [3.05, 3.63) is 49.0 Å². The monoisotopic (exact) mass is 432 g/mol. The van der Waals surface area contributed by atoms with Gasteiger partial charge in [-0.2, -0.15) is 0 Å². The number of halogens is 2. The average molecular weight is 434 g/mol. The third kappa shape index (κ3) is 3.28. The lowest BCUT2D eigenvalue weighted by Crippen LogP contribution is -2.25. The molecule has 7 heteroatoms. The van der Waals surface area contributed by atoms with Crippen LogP contribution in [0.1, 0.15) is 15.2 Å². The number of hydrogen-bond donors (Lipinski definition) is 1. The van der Waals surface area contributed by atoms with Crippen molar-refractivity contribution in [2.24, 2.45) is 5.73 Å². The number of rotatable bonds is 3. The Morgan fingerprint density at radius 1 is 1.30 bits per heavy atom. The van der Waals surface area contributed by atoms with Crippen molar-refractivity contribution in [3.63, 3.8) is 0 Å². The number of nitrogens with zero attached hydrogens (tertiary/aromatic N) is 1. The molecule has 20 heavy (non-hydrogen) atoms. The van der Waals surface area contributed by atoms with Gasteiger partial charge in [0.15, 0.2) is 0 Å². The minimum Gasteiger partial charge on any atom is -0.389 e. The van der Waals surface area contributed by atoms with Gasteiger partial charge >= 0.3 is 0 Å². The molecule has 0 unspecified atom stereocenters. The molecule has 0 bridgehead atoms. The molecule has 104 valence electrons. The van der Waals surface area contributed by atoms with E-state index in [2.05, 4.69) is 31.9 Å². The van der Waals surface area contributed by atoms with E-state index in [1.807, 2.05) is 24.3 Å². The minimum atomic E-state index is -0.0653. The summed E-state index contributed by atoms with van der Waals surface area (Å²) >= 11 is 13.1. The van der Waals surface area contributed by atoms with E-state index < -0.39 is 0 Å². The highest BCUT2D eigenvalue weighted by Crippen LogP contribution is 2.33. The third-order valence-corrected chi connectivity index (χ3v) is 6.18. The molecule has 0 spiro atoms. The lowest BCUT2D eigenvalue weighted by Gasteiger charge is -2.16. The first-order chi connectivity index (χ1) is 9.40. The summed E-state index contributed by atoms with van der Waals surface area (Å²) in [6, 6.07) is 9.06. The van der Waals surface area contributed by atoms with Crippen LogP contribution in [0.15, 0.2) is 38.6 Å². The van der Waals surface area contributed by atoms with Gasteiger partial charge in [-0.05, 0) is 62.2 Å². The van der Waals surface area contributed by atoms with Crippen molar-refractivity contribution >= 4 is 72.0 Å². The predicted octanol–water partition coefficient (Wildman–Crippen LogP) is 4.18. The summed E-state index contributed by atoms with van der Waals surface area (Å²) in [6.07, 6.45) is 0. The number of nitrogens with two attached hydrogens (primary N) is 1. The number of hydrogen-bond acceptors (Lipinski definition) is 3. The van der Waals surface area contributed by atoms with Gasteiger partial charge in [0.25, 0.3) is 5.91 Å². The number of thiocarbonyl (C=S) groups is 1. The molecular weight excluding hydrogens is 424 g/mol. The zero-order valence-corrected chi connectivity index (χ0v) is 15.2. The predicted molar refractivity (Wildman–Crippen MR) is 94.8 cm³/mol. The van der Waals surface area contributed by atoms with E-state index in [0.717, 1.165) is 19.5 Å². The number of thiophene rings is 1. The fourth-order valence-corrected chi connectivity index (χ4v) is 3.73. The number of carbonyl (C=O) groups excluding carboxylic acids is 1. The van der Waals surface area contributed by atoms with E-state index in [1.165, 1.54) is 11.3 Å². The lowest BCUT2D eigenvalue weighted by atomic mass is 10.2. The summed E-state index contributed by atoms with van der Waals surface area (Å²) in [6.45, 7) is 0. The van der Waals surface area contributed by atoms with Crippen LogP contribution in [0.2, 0.25) is 0 Å². The Labute approximate surface area is 143 Å². The van der Waals surface area contributed by atoms with Gasteiger partial charge < -0.3 is 10.6 Å². The van der Waals surface area contributed by atoms with Crippen LogP contribution < -0.4 is 10.6 Å². The van der Waals surface area contributed by atoms with Crippen molar-refractivity contribution < 1.29 is 4.79 Å². The summed E-state index contributed by atoms with van der Waals surface area (Å²) in [7, 11) is 1.74. The summed E-state index contributed by atoms with van der Waals surface area (Å²) < 4.78 is 1.78. The molecule has 2 aromatic rings. The first kappa shape index (κ1) is 15.6. The van der Waals surface area contributed by atoms with E-state index in [0.29, 0.717) is 9.87 Å². The standard InChI is InChI=1S/C13H10Br2N2OS2/c1-17(8-4-2-7(3-5-8)12(16)19)13(18)10-6-9(14)11(15)20-10/h2-6H,1H3,(H2,16,19). The molecule has 0 radical (unpaired) electrons. The molecule has 0 aliphatic carbocycles. The van der Waals surface area contributed by atoms with Crippen molar-refractivity contribution in [2.75, 3.05) is 11.9 Å². The zero-order chi connectivity index (χ0) is 14.9. The summed E-state index contributed by atoms with van der Waals surface area (Å²) in [5, 5.41) is 0. The van der Waals surface area contributed by atoms with Crippen LogP contribution in [-0.4, -0.2) is 17.9 Å². The number of carbonyl (C=O) groups is 1. The molecule has 2 rings (SSSR count). The van der Waals surface area contributed by atoms with Gasteiger partial charge in [0, 0.05) is 22.8 Å². The van der Waals surface area contributed by atoms with Crippen molar-refractivity contribution in [3.8, 4) is 0 Å². The zero-order valence-electron chi connectivity index (χ0n) is 10.4. The highest BCUT2D eigenvalue weighted by molar-refractivity contribution is 9.13. The van der Waals surface area contributed by atoms with E-state index >= 15 is 0 Å². The molecule has 0 saturated heterocycles. The van der Waals surface area contributed by atoms with Crippen molar-refractivity contribution in [1.29, 1.82) is 0 Å². The summed E-state index contributed by atoms with van der Waals surface area (Å²) in [5.74, 6) is -0.0653. The molecule has 0 aliphatic heterocycles. The van der Waals surface area contributed by atoms with Crippen LogP contribution in [0.25, 0.3) is 0 Å². The molecule has 2 N–H and O–H groups in total. The summed E-state index contributed by atoms with van der Waals surface area (Å²) in [5.41, 5.74) is 7.12. The van der Waals surface area contributed by atoms with E-state index in [-0.39, 0.29) is 5.91 Å². The van der Waals surface area contributed by atoms with Gasteiger partial charge in [-0.3, -0.25) is 4.79 Å². The van der Waals surface area contributed by atoms with Gasteiger partial charge in [-0.15, -0.1) is 11.3 Å². The highest BCUT2D eigenvalue weighted by Gasteiger charge is 2.17. The number of anilines is 1. The third-order valence-electron chi connectivity index (χ3n) is 2.70. The van der Waals surface area contributed by atoms with Crippen molar-refractivity contribution in [2.45, 2.75) is 0 Å². The maximum atomic E-state index is 12.4. The van der Waals surface area contributed by atoms with Gasteiger partial charge in [0.05, 0.1) is 8.66 Å². The van der Waals surface area contributed by atoms with Gasteiger partial charge in [-0.1, -0.05) is 12.2 Å². The Morgan fingerprint density at radius 3 is 2.35 bits per heavy atom. The van der Waals surface area contributed by atoms with Crippen molar-refractivity contribution in [1.82, 2.24) is 0 Å². The Kier molecular flexibility index (Phi) is 4.95. The fraction of sp³-hybridized carbons (Fsp3) is 0.0769. The van der Waals surface area contributed by atoms with E-state index in [9.17, 15) is 4.79 Å². The second-order valence-electron chi connectivity index (χ2n) is 4.01. The molecule has 1 aromatic carbocycles. The average Bonchev–Trinajstić information content (AvgIpc) is 2.77. The maximum absolute atomic E-state index is 12.4. The first-order valence-corrected chi connectivity index (χ1v) is 8.34. The molecule has 1 amide bonds. The van der Waals surface area contributed by atoms with Crippen LogP contribution in [0, 0.1) is 0 Å². The molecule has 1 aromatic heterocycles. The van der Waals surface area contributed by atoms with Crippen LogP contribution in [0.4, 0.5) is 5.69 Å². The Balaban J connectivity index is 2.24. The Hall–Kier alpha value is -0.760. The quantitative estimate of drug-likeness (QED) is 0.738. The molecule has 0 aliphatic rings. The Morgan fingerprint density at radius 2 is 1.90 bits per heavy atom. The maximum Gasteiger partial charge on any atom is 0.268 e. The first-order valence-electron chi connectivity index (χ1n) is 5.53. The largest absolute Gasteiger partial charge is 0.389 e. The molecule has 0 fully saturated rings. The van der Waals surface area contributed by atoms with E-state index in [1.54, 1.807) is 18.0 Å². The molecule has 1 heterocycles. The Bertz CT molecular complexity index is 648. The molecular formula is C13H10Br2N2OS2. The smallest absolute Gasteiger partial charge is 0.268 e. The topological polar surface area (TPSA) is 46.3 Å². The SMILES string of the molecule is CN(C(=O)c1cc(Br)c(Br)s1)c1ccc(C(N)=S)cc1. The van der Waals surface area contributed by atoms with Crippen LogP contribution in [0.3, 0.4) is 0 Å². The van der Waals surface area contributed by atoms with Crippen LogP contribution >= 0.6 is 55.4 Å². The molecule has 0 saturated carbocycles. The number of amides is 1. The van der Waals surface area contributed by atoms with Gasteiger partial charge in [0.2, 0.25) is 0 Å².